The summed E-state index contributed by atoms with van der Waals surface area (Å²) in [5.74, 6) is 0.219. The molecule has 5 heteroatoms. The molecule has 2 aliphatic rings. The van der Waals surface area contributed by atoms with Crippen LogP contribution in [-0.2, 0) is 14.6 Å². The zero-order valence-electron chi connectivity index (χ0n) is 13.1. The van der Waals surface area contributed by atoms with Gasteiger partial charge in [0.15, 0.2) is 0 Å². The van der Waals surface area contributed by atoms with Crippen LogP contribution in [0.25, 0.3) is 6.08 Å². The van der Waals surface area contributed by atoms with Crippen molar-refractivity contribution in [2.45, 2.75) is 38.4 Å². The van der Waals surface area contributed by atoms with Gasteiger partial charge in [-0.05, 0) is 37.1 Å². The monoisotopic (exact) mass is 331 g/mol. The van der Waals surface area contributed by atoms with Crippen molar-refractivity contribution in [3.8, 4) is 6.07 Å². The van der Waals surface area contributed by atoms with Crippen LogP contribution in [-0.4, -0.2) is 17.5 Å². The Morgan fingerprint density at radius 2 is 2.26 bits per heavy atom. The van der Waals surface area contributed by atoms with Gasteiger partial charge in [0.05, 0.1) is 11.6 Å². The number of ketones is 1. The second-order valence-corrected chi connectivity index (χ2v) is 6.88. The zero-order chi connectivity index (χ0) is 16.6. The van der Waals surface area contributed by atoms with E-state index in [4.69, 9.17) is 26.6 Å². The maximum atomic E-state index is 12.1. The van der Waals surface area contributed by atoms with Crippen LogP contribution >= 0.6 is 11.6 Å². The van der Waals surface area contributed by atoms with Gasteiger partial charge in [-0.25, -0.2) is 9.78 Å². The highest BCUT2D eigenvalue weighted by molar-refractivity contribution is 6.32. The highest BCUT2D eigenvalue weighted by Gasteiger charge is 2.48. The van der Waals surface area contributed by atoms with Crippen LogP contribution in [0, 0.1) is 23.2 Å². The standard InChI is InChI=1S/C18H18ClNO3/c1-11-16(21)8-14-9-17(11)22-23-18(14,2)6-5-13-4-3-12(10-20)7-15(13)19/h3-7,11,14,17H,8-9H2,1-2H3/t11-,14+,17+,18+/m1/s1. The molecule has 0 aromatic heterocycles. The fourth-order valence-electron chi connectivity index (χ4n) is 3.15. The van der Waals surface area contributed by atoms with E-state index >= 15 is 0 Å². The molecule has 120 valence electrons. The van der Waals surface area contributed by atoms with Crippen molar-refractivity contribution in [1.29, 1.82) is 5.26 Å². The van der Waals surface area contributed by atoms with E-state index in [1.807, 2.05) is 26.0 Å². The summed E-state index contributed by atoms with van der Waals surface area (Å²) in [6.07, 6.45) is 4.92. The number of fused-ring (bicyclic) bond motifs is 2. The van der Waals surface area contributed by atoms with Crippen LogP contribution in [0.15, 0.2) is 24.3 Å². The second kappa shape index (κ2) is 6.09. The van der Waals surface area contributed by atoms with E-state index in [1.165, 1.54) is 0 Å². The molecule has 1 aromatic carbocycles. The van der Waals surface area contributed by atoms with Crippen molar-refractivity contribution in [3.63, 3.8) is 0 Å². The van der Waals surface area contributed by atoms with Gasteiger partial charge in [0.25, 0.3) is 0 Å². The Balaban J connectivity index is 1.82. The number of benzene rings is 1. The van der Waals surface area contributed by atoms with Crippen molar-refractivity contribution in [1.82, 2.24) is 0 Å². The SMILES string of the molecule is C[C@@H]1C(=O)C[C@H]2C[C@@H]1OO[C@@]2(C)C=Cc1ccc(C#N)cc1Cl. The van der Waals surface area contributed by atoms with Gasteiger partial charge in [-0.15, -0.1) is 0 Å². The summed E-state index contributed by atoms with van der Waals surface area (Å²) in [6.45, 7) is 3.81. The lowest BCUT2D eigenvalue weighted by atomic mass is 9.71. The number of nitriles is 1. The summed E-state index contributed by atoms with van der Waals surface area (Å²) in [4.78, 5) is 23.2. The molecule has 2 bridgehead atoms. The quantitative estimate of drug-likeness (QED) is 0.770. The predicted molar refractivity (Wildman–Crippen MR) is 86.5 cm³/mol. The minimum Gasteiger partial charge on any atom is -0.299 e. The van der Waals surface area contributed by atoms with E-state index < -0.39 is 5.60 Å². The summed E-state index contributed by atoms with van der Waals surface area (Å²) in [5, 5.41) is 9.38. The Labute approximate surface area is 140 Å². The van der Waals surface area contributed by atoms with Crippen molar-refractivity contribution in [2.75, 3.05) is 0 Å². The third kappa shape index (κ3) is 3.05. The molecule has 0 amide bonds. The summed E-state index contributed by atoms with van der Waals surface area (Å²) < 4.78 is 0. The number of carbonyl (C=O) groups is 1. The number of nitrogens with zero attached hydrogens (tertiary/aromatic N) is 1. The number of halogens is 1. The largest absolute Gasteiger partial charge is 0.299 e. The fraction of sp³-hybridized carbons (Fsp3) is 0.444. The summed E-state index contributed by atoms with van der Waals surface area (Å²) in [7, 11) is 0. The summed E-state index contributed by atoms with van der Waals surface area (Å²) in [6, 6.07) is 7.19. The van der Waals surface area contributed by atoms with Crippen LogP contribution in [0.1, 0.15) is 37.8 Å². The molecule has 0 N–H and O–H groups in total. The first-order valence-corrected chi connectivity index (χ1v) is 8.07. The molecule has 23 heavy (non-hydrogen) atoms. The molecule has 3 rings (SSSR count). The Morgan fingerprint density at radius 1 is 1.48 bits per heavy atom. The first-order valence-electron chi connectivity index (χ1n) is 7.69. The second-order valence-electron chi connectivity index (χ2n) is 6.48. The lowest BCUT2D eigenvalue weighted by Crippen LogP contribution is -2.51. The Bertz CT molecular complexity index is 709. The lowest BCUT2D eigenvalue weighted by Gasteiger charge is -2.45. The van der Waals surface area contributed by atoms with Gasteiger partial charge >= 0.3 is 0 Å². The molecule has 4 atom stereocenters. The molecule has 2 fully saturated rings. The number of carbonyl (C=O) groups excluding carboxylic acids is 1. The lowest BCUT2D eigenvalue weighted by molar-refractivity contribution is -0.415. The first-order chi connectivity index (χ1) is 10.9. The number of hydrogen-bond acceptors (Lipinski definition) is 4. The van der Waals surface area contributed by atoms with Gasteiger partial charge in [-0.3, -0.25) is 4.79 Å². The summed E-state index contributed by atoms with van der Waals surface area (Å²) in [5.41, 5.74) is 0.655. The first kappa shape index (κ1) is 16.2. The molecule has 0 radical (unpaired) electrons. The Kier molecular flexibility index (Phi) is 4.29. The molecule has 0 unspecified atom stereocenters. The summed E-state index contributed by atoms with van der Waals surface area (Å²) >= 11 is 6.19. The van der Waals surface area contributed by atoms with Gasteiger partial charge in [-0.2, -0.15) is 5.26 Å². The minimum absolute atomic E-state index is 0.0957. The average molecular weight is 332 g/mol. The van der Waals surface area contributed by atoms with Crippen molar-refractivity contribution >= 4 is 23.5 Å². The predicted octanol–water partition coefficient (Wildman–Crippen LogP) is 3.93. The van der Waals surface area contributed by atoms with Crippen LogP contribution in [0.4, 0.5) is 0 Å². The molecule has 1 aromatic rings. The van der Waals surface area contributed by atoms with E-state index in [9.17, 15) is 4.79 Å². The van der Waals surface area contributed by atoms with Gasteiger partial charge in [0.2, 0.25) is 0 Å². The van der Waals surface area contributed by atoms with E-state index in [0.717, 1.165) is 12.0 Å². The zero-order valence-corrected chi connectivity index (χ0v) is 13.8. The van der Waals surface area contributed by atoms with Crippen LogP contribution < -0.4 is 0 Å². The van der Waals surface area contributed by atoms with Crippen molar-refractivity contribution in [3.05, 3.63) is 40.4 Å². The van der Waals surface area contributed by atoms with E-state index in [2.05, 4.69) is 6.07 Å². The van der Waals surface area contributed by atoms with Crippen molar-refractivity contribution < 1.29 is 14.6 Å². The van der Waals surface area contributed by atoms with Gasteiger partial charge in [-0.1, -0.05) is 30.7 Å². The smallest absolute Gasteiger partial charge is 0.138 e. The third-order valence-electron chi connectivity index (χ3n) is 4.92. The van der Waals surface area contributed by atoms with Gasteiger partial charge in [0, 0.05) is 23.3 Å². The molecule has 1 aliphatic heterocycles. The molecule has 1 aliphatic carbocycles. The molecule has 1 saturated carbocycles. The molecule has 1 heterocycles. The Morgan fingerprint density at radius 3 is 2.96 bits per heavy atom. The number of hydrogen-bond donors (Lipinski definition) is 0. The van der Waals surface area contributed by atoms with Crippen LogP contribution in [0.5, 0.6) is 0 Å². The molecule has 4 nitrogen and oxygen atoms in total. The number of rotatable bonds is 2. The number of Topliss-reactive ketones (excluding diaryl/α,β-unsaturated/α-hetero) is 1. The maximum Gasteiger partial charge on any atom is 0.138 e. The third-order valence-corrected chi connectivity index (χ3v) is 5.24. The molecule has 0 spiro atoms. The average Bonchev–Trinajstić information content (AvgIpc) is 2.54. The van der Waals surface area contributed by atoms with E-state index in [-0.39, 0.29) is 23.7 Å². The highest BCUT2D eigenvalue weighted by atomic mass is 35.5. The topological polar surface area (TPSA) is 59.3 Å². The Hall–Kier alpha value is -1.67. The van der Waals surface area contributed by atoms with Gasteiger partial charge in [0.1, 0.15) is 17.5 Å². The molecular weight excluding hydrogens is 314 g/mol. The van der Waals surface area contributed by atoms with Crippen LogP contribution in [0.3, 0.4) is 0 Å². The van der Waals surface area contributed by atoms with Gasteiger partial charge < -0.3 is 0 Å². The molecule has 1 saturated heterocycles. The van der Waals surface area contributed by atoms with Crippen LogP contribution in [0.2, 0.25) is 5.02 Å². The minimum atomic E-state index is -0.663. The highest BCUT2D eigenvalue weighted by Crippen LogP contribution is 2.43. The van der Waals surface area contributed by atoms with E-state index in [0.29, 0.717) is 17.0 Å². The molecular formula is C18H18ClNO3. The maximum absolute atomic E-state index is 12.1. The normalized spacial score (nSPS) is 33.7. The van der Waals surface area contributed by atoms with Crippen molar-refractivity contribution in [2.24, 2.45) is 11.8 Å². The van der Waals surface area contributed by atoms with E-state index in [1.54, 1.807) is 18.2 Å². The fourth-order valence-corrected chi connectivity index (χ4v) is 3.39.